The fourth-order valence-electron chi connectivity index (χ4n) is 3.09. The topological polar surface area (TPSA) is 0 Å². The molecule has 2 aliphatic carbocycles. The molecule has 0 aromatic rings. The quantitative estimate of drug-likeness (QED) is 0.518. The summed E-state index contributed by atoms with van der Waals surface area (Å²) >= 11 is 0. The molecule has 0 heterocycles. The van der Waals surface area contributed by atoms with Crippen LogP contribution < -0.4 is 0 Å². The second-order valence-corrected chi connectivity index (χ2v) is 6.07. The number of unbranched alkanes of at least 4 members (excludes halogenated alkanes) is 2. The minimum Gasteiger partial charge on any atom is -0.0651 e. The molecule has 0 heteroatoms. The summed E-state index contributed by atoms with van der Waals surface area (Å²) in [7, 11) is 0. The van der Waals surface area contributed by atoms with Crippen molar-refractivity contribution in [1.29, 1.82) is 0 Å². The van der Waals surface area contributed by atoms with Crippen LogP contribution in [0.1, 0.15) is 65.7 Å². The van der Waals surface area contributed by atoms with Gasteiger partial charge >= 0.3 is 0 Å². The van der Waals surface area contributed by atoms with Gasteiger partial charge in [-0.1, -0.05) is 52.9 Å². The Morgan fingerprint density at radius 3 is 2.43 bits per heavy atom. The molecular weight excluding hydrogens is 168 g/mol. The molecule has 0 bridgehead atoms. The summed E-state index contributed by atoms with van der Waals surface area (Å²) in [5.41, 5.74) is 0.844. The summed E-state index contributed by atoms with van der Waals surface area (Å²) < 4.78 is 0. The maximum absolute atomic E-state index is 2.51. The molecule has 0 radical (unpaired) electrons. The van der Waals surface area contributed by atoms with Crippen LogP contribution in [0.25, 0.3) is 0 Å². The number of fused-ring (bicyclic) bond motifs is 1. The van der Waals surface area contributed by atoms with Gasteiger partial charge in [0.15, 0.2) is 0 Å². The first kappa shape index (κ1) is 10.5. The zero-order valence-corrected chi connectivity index (χ0v) is 10.2. The number of hydrogen-bond donors (Lipinski definition) is 0. The first-order valence-corrected chi connectivity index (χ1v) is 6.68. The van der Waals surface area contributed by atoms with Crippen LogP contribution in [0.3, 0.4) is 0 Å². The minimum absolute atomic E-state index is 0.844. The first-order valence-electron chi connectivity index (χ1n) is 6.68. The van der Waals surface area contributed by atoms with Crippen molar-refractivity contribution in [2.24, 2.45) is 23.2 Å². The minimum atomic E-state index is 0.844. The Hall–Kier alpha value is 0. The SMILES string of the molecule is CCC(C)CCCCCC1(C)C2CC21. The molecule has 2 saturated carbocycles. The molecule has 0 N–H and O–H groups in total. The van der Waals surface area contributed by atoms with Crippen LogP contribution in [-0.4, -0.2) is 0 Å². The Bertz CT molecular complexity index is 186. The van der Waals surface area contributed by atoms with E-state index in [1.807, 2.05) is 0 Å². The van der Waals surface area contributed by atoms with Crippen LogP contribution in [0.2, 0.25) is 0 Å². The molecular formula is C14H26. The Morgan fingerprint density at radius 1 is 1.21 bits per heavy atom. The molecule has 0 spiro atoms. The Labute approximate surface area is 89.5 Å². The van der Waals surface area contributed by atoms with E-state index in [0.29, 0.717) is 0 Å². The first-order chi connectivity index (χ1) is 6.68. The molecule has 2 fully saturated rings. The van der Waals surface area contributed by atoms with Crippen molar-refractivity contribution < 1.29 is 0 Å². The van der Waals surface area contributed by atoms with E-state index in [1.54, 1.807) is 6.42 Å². The molecule has 0 saturated heterocycles. The highest BCUT2D eigenvalue weighted by molar-refractivity contribution is 5.20. The molecule has 0 amide bonds. The molecule has 14 heavy (non-hydrogen) atoms. The van der Waals surface area contributed by atoms with E-state index in [1.165, 1.54) is 50.4 Å². The normalized spacial score (nSPS) is 40.5. The predicted molar refractivity (Wildman–Crippen MR) is 62.2 cm³/mol. The summed E-state index contributed by atoms with van der Waals surface area (Å²) in [6.07, 6.45) is 10.4. The fraction of sp³-hybridized carbons (Fsp3) is 1.00. The van der Waals surface area contributed by atoms with Crippen LogP contribution >= 0.6 is 0 Å². The second-order valence-electron chi connectivity index (χ2n) is 6.07. The number of rotatable bonds is 7. The van der Waals surface area contributed by atoms with Gasteiger partial charge in [0.05, 0.1) is 0 Å². The predicted octanol–water partition coefficient (Wildman–Crippen LogP) is 4.64. The van der Waals surface area contributed by atoms with Crippen molar-refractivity contribution in [2.45, 2.75) is 65.7 Å². The molecule has 3 atom stereocenters. The highest BCUT2D eigenvalue weighted by atomic mass is 14.8. The van der Waals surface area contributed by atoms with E-state index in [0.717, 1.165) is 11.3 Å². The van der Waals surface area contributed by atoms with Gasteiger partial charge in [0.2, 0.25) is 0 Å². The largest absolute Gasteiger partial charge is 0.0651 e. The second kappa shape index (κ2) is 3.87. The van der Waals surface area contributed by atoms with Gasteiger partial charge in [0.1, 0.15) is 0 Å². The van der Waals surface area contributed by atoms with Crippen LogP contribution in [0, 0.1) is 23.2 Å². The lowest BCUT2D eigenvalue weighted by atomic mass is 9.90. The summed E-state index contributed by atoms with van der Waals surface area (Å²) in [4.78, 5) is 0. The molecule has 3 unspecified atom stereocenters. The third-order valence-corrected chi connectivity index (χ3v) is 4.98. The van der Waals surface area contributed by atoms with Crippen molar-refractivity contribution in [2.75, 3.05) is 0 Å². The lowest BCUT2D eigenvalue weighted by Crippen LogP contribution is -2.05. The van der Waals surface area contributed by atoms with Gasteiger partial charge in [-0.05, 0) is 36.0 Å². The van der Waals surface area contributed by atoms with E-state index >= 15 is 0 Å². The Morgan fingerprint density at radius 2 is 1.93 bits per heavy atom. The van der Waals surface area contributed by atoms with Gasteiger partial charge < -0.3 is 0 Å². The molecule has 2 rings (SSSR count). The molecule has 0 aliphatic heterocycles. The van der Waals surface area contributed by atoms with Gasteiger partial charge in [-0.3, -0.25) is 0 Å². The van der Waals surface area contributed by atoms with E-state index < -0.39 is 0 Å². The van der Waals surface area contributed by atoms with Crippen LogP contribution in [-0.2, 0) is 0 Å². The van der Waals surface area contributed by atoms with Crippen LogP contribution in [0.5, 0.6) is 0 Å². The summed E-state index contributed by atoms with van der Waals surface area (Å²) in [5.74, 6) is 3.31. The molecule has 0 aromatic heterocycles. The fourth-order valence-corrected chi connectivity index (χ4v) is 3.09. The van der Waals surface area contributed by atoms with Gasteiger partial charge in [0.25, 0.3) is 0 Å². The summed E-state index contributed by atoms with van der Waals surface area (Å²) in [5, 5.41) is 0. The smallest absolute Gasteiger partial charge is 0.0263 e. The van der Waals surface area contributed by atoms with Gasteiger partial charge in [-0.25, -0.2) is 0 Å². The van der Waals surface area contributed by atoms with Crippen molar-refractivity contribution in [3.63, 3.8) is 0 Å². The van der Waals surface area contributed by atoms with Crippen molar-refractivity contribution in [3.8, 4) is 0 Å². The van der Waals surface area contributed by atoms with E-state index in [9.17, 15) is 0 Å². The van der Waals surface area contributed by atoms with Gasteiger partial charge in [-0.2, -0.15) is 0 Å². The average Bonchev–Trinajstić information content (AvgIpc) is 3.05. The Balaban J connectivity index is 1.44. The standard InChI is InChI=1S/C14H26/c1-4-11(2)8-6-5-7-9-14(3)12-10-13(12)14/h11-13H,4-10H2,1-3H3. The van der Waals surface area contributed by atoms with Crippen molar-refractivity contribution >= 4 is 0 Å². The average molecular weight is 194 g/mol. The lowest BCUT2D eigenvalue weighted by molar-refractivity contribution is 0.352. The monoisotopic (exact) mass is 194 g/mol. The Kier molecular flexibility index (Phi) is 2.91. The van der Waals surface area contributed by atoms with Crippen molar-refractivity contribution in [1.82, 2.24) is 0 Å². The van der Waals surface area contributed by atoms with E-state index in [2.05, 4.69) is 20.8 Å². The molecule has 82 valence electrons. The zero-order valence-electron chi connectivity index (χ0n) is 10.2. The third-order valence-electron chi connectivity index (χ3n) is 4.98. The highest BCUT2D eigenvalue weighted by Crippen LogP contribution is 2.79. The third kappa shape index (κ3) is 1.99. The van der Waals surface area contributed by atoms with E-state index in [4.69, 9.17) is 0 Å². The van der Waals surface area contributed by atoms with Crippen LogP contribution in [0.4, 0.5) is 0 Å². The molecule has 0 nitrogen and oxygen atoms in total. The van der Waals surface area contributed by atoms with Crippen LogP contribution in [0.15, 0.2) is 0 Å². The lowest BCUT2D eigenvalue weighted by Gasteiger charge is -2.16. The highest BCUT2D eigenvalue weighted by Gasteiger charge is 2.72. The summed E-state index contributed by atoms with van der Waals surface area (Å²) in [6.45, 7) is 7.21. The van der Waals surface area contributed by atoms with Gasteiger partial charge in [0, 0.05) is 0 Å². The van der Waals surface area contributed by atoms with Crippen molar-refractivity contribution in [3.05, 3.63) is 0 Å². The van der Waals surface area contributed by atoms with Gasteiger partial charge in [-0.15, -0.1) is 0 Å². The maximum Gasteiger partial charge on any atom is -0.0263 e. The maximum atomic E-state index is 2.51. The zero-order chi connectivity index (χ0) is 10.2. The summed E-state index contributed by atoms with van der Waals surface area (Å²) in [6, 6.07) is 0. The molecule has 0 aromatic carbocycles. The molecule has 2 aliphatic rings. The van der Waals surface area contributed by atoms with E-state index in [-0.39, 0.29) is 0 Å². The number of hydrogen-bond acceptors (Lipinski definition) is 0.